The first-order valence-corrected chi connectivity index (χ1v) is 8.45. The zero-order valence-corrected chi connectivity index (χ0v) is 13.8. The third-order valence-electron chi connectivity index (χ3n) is 4.57. The third kappa shape index (κ3) is 3.65. The molecule has 1 fully saturated rings. The van der Waals surface area contributed by atoms with Gasteiger partial charge in [0.1, 0.15) is 17.3 Å². The van der Waals surface area contributed by atoms with Crippen molar-refractivity contribution in [3.63, 3.8) is 0 Å². The van der Waals surface area contributed by atoms with Crippen LogP contribution in [0.2, 0.25) is 0 Å². The molecule has 7 heteroatoms. The van der Waals surface area contributed by atoms with E-state index in [1.54, 1.807) is 24.7 Å². The average Bonchev–Trinajstić information content (AvgIpc) is 3.18. The van der Waals surface area contributed by atoms with E-state index in [1.165, 1.54) is 12.3 Å². The molecule has 128 valence electrons. The highest BCUT2D eigenvalue weighted by atomic mass is 19.1. The fourth-order valence-electron chi connectivity index (χ4n) is 3.24. The first-order chi connectivity index (χ1) is 12.3. The first-order valence-electron chi connectivity index (χ1n) is 8.45. The minimum Gasteiger partial charge on any atom is -0.357 e. The quantitative estimate of drug-likeness (QED) is 0.792. The second-order valence-electron chi connectivity index (χ2n) is 6.30. The summed E-state index contributed by atoms with van der Waals surface area (Å²) >= 11 is 0. The normalized spacial score (nSPS) is 15.5. The molecular formula is C18H19FN6. The lowest BCUT2D eigenvalue weighted by molar-refractivity contribution is 0.398. The standard InChI is InChI=1S/C18H19FN6/c19-14-1-2-17(23-10-14)25-7-3-13(4-8-25)9-15-11-20-12-16(24-15)18-21-5-6-22-18/h1-2,5-6,10-13H,3-4,7-9H2,(H,21,22). The Morgan fingerprint density at radius 2 is 2.00 bits per heavy atom. The van der Waals surface area contributed by atoms with E-state index in [0.29, 0.717) is 5.92 Å². The lowest BCUT2D eigenvalue weighted by Crippen LogP contribution is -2.34. The molecule has 0 bridgehead atoms. The Morgan fingerprint density at radius 1 is 1.12 bits per heavy atom. The maximum atomic E-state index is 13.0. The molecule has 0 saturated carbocycles. The number of H-pyrrole nitrogens is 1. The van der Waals surface area contributed by atoms with Crippen molar-refractivity contribution in [3.8, 4) is 11.5 Å². The van der Waals surface area contributed by atoms with Crippen molar-refractivity contribution in [2.45, 2.75) is 19.3 Å². The van der Waals surface area contributed by atoms with Gasteiger partial charge in [0.25, 0.3) is 0 Å². The van der Waals surface area contributed by atoms with Crippen molar-refractivity contribution in [3.05, 3.63) is 54.6 Å². The molecule has 1 aliphatic rings. The number of halogens is 1. The number of aromatic nitrogens is 5. The zero-order valence-electron chi connectivity index (χ0n) is 13.8. The van der Waals surface area contributed by atoms with Crippen LogP contribution in [-0.4, -0.2) is 38.0 Å². The molecule has 1 aliphatic heterocycles. The van der Waals surface area contributed by atoms with Crippen LogP contribution >= 0.6 is 0 Å². The van der Waals surface area contributed by atoms with Crippen LogP contribution in [0.15, 0.2) is 43.1 Å². The van der Waals surface area contributed by atoms with Gasteiger partial charge >= 0.3 is 0 Å². The Kier molecular flexibility index (Phi) is 4.37. The van der Waals surface area contributed by atoms with E-state index in [1.807, 2.05) is 6.20 Å². The van der Waals surface area contributed by atoms with E-state index in [2.05, 4.69) is 29.8 Å². The van der Waals surface area contributed by atoms with Crippen LogP contribution in [0.4, 0.5) is 10.2 Å². The molecule has 0 atom stereocenters. The van der Waals surface area contributed by atoms with E-state index in [4.69, 9.17) is 0 Å². The predicted molar refractivity (Wildman–Crippen MR) is 92.4 cm³/mol. The maximum Gasteiger partial charge on any atom is 0.157 e. The fraction of sp³-hybridized carbons (Fsp3) is 0.333. The maximum absolute atomic E-state index is 13.0. The van der Waals surface area contributed by atoms with Crippen LogP contribution < -0.4 is 4.90 Å². The van der Waals surface area contributed by atoms with Gasteiger partial charge in [0.05, 0.1) is 18.1 Å². The molecule has 0 aromatic carbocycles. The van der Waals surface area contributed by atoms with Crippen molar-refractivity contribution in [2.24, 2.45) is 5.92 Å². The monoisotopic (exact) mass is 338 g/mol. The highest BCUT2D eigenvalue weighted by molar-refractivity contribution is 5.46. The molecule has 25 heavy (non-hydrogen) atoms. The Morgan fingerprint density at radius 3 is 2.72 bits per heavy atom. The Labute approximate surface area is 145 Å². The Hall–Kier alpha value is -2.83. The van der Waals surface area contributed by atoms with Crippen LogP contribution in [0, 0.1) is 11.7 Å². The molecule has 0 amide bonds. The summed E-state index contributed by atoms with van der Waals surface area (Å²) in [6.07, 6.45) is 11.4. The SMILES string of the molecule is Fc1ccc(N2CCC(Cc3cncc(-c4ncc[nH]4)n3)CC2)nc1. The number of pyridine rings is 1. The van der Waals surface area contributed by atoms with Crippen molar-refractivity contribution in [1.29, 1.82) is 0 Å². The number of imidazole rings is 1. The molecule has 4 heterocycles. The highest BCUT2D eigenvalue weighted by Crippen LogP contribution is 2.24. The van der Waals surface area contributed by atoms with Gasteiger partial charge in [-0.05, 0) is 37.3 Å². The second kappa shape index (κ2) is 6.96. The predicted octanol–water partition coefficient (Wildman–Crippen LogP) is 2.86. The Balaban J connectivity index is 1.37. The molecule has 0 unspecified atom stereocenters. The van der Waals surface area contributed by atoms with E-state index in [-0.39, 0.29) is 5.82 Å². The molecular weight excluding hydrogens is 319 g/mol. The fourth-order valence-corrected chi connectivity index (χ4v) is 3.24. The minimum absolute atomic E-state index is 0.298. The van der Waals surface area contributed by atoms with Crippen molar-refractivity contribution >= 4 is 5.82 Å². The summed E-state index contributed by atoms with van der Waals surface area (Å²) in [6.45, 7) is 1.85. The van der Waals surface area contributed by atoms with Gasteiger partial charge in [-0.15, -0.1) is 0 Å². The third-order valence-corrected chi connectivity index (χ3v) is 4.57. The lowest BCUT2D eigenvalue weighted by Gasteiger charge is -2.32. The minimum atomic E-state index is -0.298. The van der Waals surface area contributed by atoms with Crippen molar-refractivity contribution in [2.75, 3.05) is 18.0 Å². The summed E-state index contributed by atoms with van der Waals surface area (Å²) in [5.41, 5.74) is 1.77. The van der Waals surface area contributed by atoms with Crippen LogP contribution in [0.3, 0.4) is 0 Å². The van der Waals surface area contributed by atoms with Gasteiger partial charge in [0.15, 0.2) is 5.82 Å². The largest absolute Gasteiger partial charge is 0.357 e. The number of nitrogens with one attached hydrogen (secondary N) is 1. The van der Waals surface area contributed by atoms with E-state index >= 15 is 0 Å². The lowest BCUT2D eigenvalue weighted by atomic mass is 9.92. The summed E-state index contributed by atoms with van der Waals surface area (Å²) in [4.78, 5) is 22.6. The van der Waals surface area contributed by atoms with Gasteiger partial charge in [-0.3, -0.25) is 4.98 Å². The molecule has 4 rings (SSSR count). The number of rotatable bonds is 4. The summed E-state index contributed by atoms with van der Waals surface area (Å²) in [6, 6.07) is 3.21. The van der Waals surface area contributed by atoms with Gasteiger partial charge in [0.2, 0.25) is 0 Å². The van der Waals surface area contributed by atoms with Crippen LogP contribution in [0.1, 0.15) is 18.5 Å². The molecule has 3 aromatic rings. The molecule has 0 spiro atoms. The number of hydrogen-bond donors (Lipinski definition) is 1. The molecule has 0 aliphatic carbocycles. The van der Waals surface area contributed by atoms with Gasteiger partial charge in [-0.25, -0.2) is 19.3 Å². The molecule has 3 aromatic heterocycles. The van der Waals surface area contributed by atoms with Crippen molar-refractivity contribution < 1.29 is 4.39 Å². The summed E-state index contributed by atoms with van der Waals surface area (Å²) in [7, 11) is 0. The van der Waals surface area contributed by atoms with E-state index in [0.717, 1.165) is 55.4 Å². The van der Waals surface area contributed by atoms with Gasteiger partial charge in [-0.2, -0.15) is 0 Å². The molecule has 1 saturated heterocycles. The van der Waals surface area contributed by atoms with Crippen molar-refractivity contribution in [1.82, 2.24) is 24.9 Å². The Bertz CT molecular complexity index is 810. The average molecular weight is 338 g/mol. The first kappa shape index (κ1) is 15.7. The number of nitrogens with zero attached hydrogens (tertiary/aromatic N) is 5. The van der Waals surface area contributed by atoms with Crippen LogP contribution in [0.5, 0.6) is 0 Å². The highest BCUT2D eigenvalue weighted by Gasteiger charge is 2.21. The van der Waals surface area contributed by atoms with Gasteiger partial charge in [-0.1, -0.05) is 0 Å². The molecule has 1 N–H and O–H groups in total. The van der Waals surface area contributed by atoms with E-state index < -0.39 is 0 Å². The molecule has 6 nitrogen and oxygen atoms in total. The summed E-state index contributed by atoms with van der Waals surface area (Å²) in [5, 5.41) is 0. The number of anilines is 1. The second-order valence-corrected chi connectivity index (χ2v) is 6.30. The van der Waals surface area contributed by atoms with Crippen LogP contribution in [-0.2, 0) is 6.42 Å². The number of hydrogen-bond acceptors (Lipinski definition) is 5. The topological polar surface area (TPSA) is 70.6 Å². The molecule has 0 radical (unpaired) electrons. The van der Waals surface area contributed by atoms with E-state index in [9.17, 15) is 4.39 Å². The van der Waals surface area contributed by atoms with Gasteiger partial charge < -0.3 is 9.88 Å². The summed E-state index contributed by atoms with van der Waals surface area (Å²) in [5.74, 6) is 1.86. The summed E-state index contributed by atoms with van der Waals surface area (Å²) < 4.78 is 13.0. The zero-order chi connectivity index (χ0) is 17.1. The number of piperidine rings is 1. The van der Waals surface area contributed by atoms with Gasteiger partial charge in [0, 0.05) is 31.7 Å². The number of aromatic amines is 1. The van der Waals surface area contributed by atoms with Crippen LogP contribution in [0.25, 0.3) is 11.5 Å². The smallest absolute Gasteiger partial charge is 0.157 e.